The first-order valence-corrected chi connectivity index (χ1v) is 10.3. The first-order valence-electron chi connectivity index (χ1n) is 10.3. The SMILES string of the molecule is CCOC(=O)NC(CNC(=O)c1cccc(C)c1NC(=O)c1ccncc1)CC(C)C. The molecule has 1 aromatic heterocycles. The number of hydrogen-bond donors (Lipinski definition) is 3. The van der Waals surface area contributed by atoms with Gasteiger partial charge in [-0.3, -0.25) is 14.6 Å². The van der Waals surface area contributed by atoms with Crippen molar-refractivity contribution in [3.8, 4) is 0 Å². The number of hydrogen-bond acceptors (Lipinski definition) is 5. The molecule has 1 unspecified atom stereocenters. The lowest BCUT2D eigenvalue weighted by atomic mass is 10.0. The molecule has 0 fully saturated rings. The number of benzene rings is 1. The van der Waals surface area contributed by atoms with Crippen molar-refractivity contribution in [2.24, 2.45) is 5.92 Å². The molecule has 3 amide bonds. The molecule has 1 heterocycles. The molecule has 0 aliphatic rings. The number of rotatable bonds is 9. The Morgan fingerprint density at radius 2 is 1.77 bits per heavy atom. The van der Waals surface area contributed by atoms with Crippen LogP contribution in [0, 0.1) is 12.8 Å². The fraction of sp³-hybridized carbons (Fsp3) is 0.391. The third kappa shape index (κ3) is 7.40. The highest BCUT2D eigenvalue weighted by Gasteiger charge is 2.19. The maximum absolute atomic E-state index is 12.9. The number of alkyl carbamates (subject to hydrolysis) is 1. The number of pyridine rings is 1. The van der Waals surface area contributed by atoms with Crippen LogP contribution in [0.15, 0.2) is 42.7 Å². The Morgan fingerprint density at radius 1 is 1.06 bits per heavy atom. The van der Waals surface area contributed by atoms with Crippen LogP contribution in [-0.2, 0) is 4.74 Å². The second kappa shape index (κ2) is 11.7. The van der Waals surface area contributed by atoms with Crippen LogP contribution in [0.2, 0.25) is 0 Å². The molecule has 2 rings (SSSR count). The summed E-state index contributed by atoms with van der Waals surface area (Å²) in [5.74, 6) is -0.349. The number of ether oxygens (including phenoxy) is 1. The average molecular weight is 427 g/mol. The monoisotopic (exact) mass is 426 g/mol. The minimum absolute atomic E-state index is 0.238. The number of aryl methyl sites for hydroxylation is 1. The van der Waals surface area contributed by atoms with E-state index in [-0.39, 0.29) is 31.0 Å². The molecule has 0 spiro atoms. The summed E-state index contributed by atoms with van der Waals surface area (Å²) in [5.41, 5.74) is 2.00. The van der Waals surface area contributed by atoms with E-state index in [1.54, 1.807) is 31.2 Å². The van der Waals surface area contributed by atoms with Crippen LogP contribution >= 0.6 is 0 Å². The zero-order chi connectivity index (χ0) is 22.8. The topological polar surface area (TPSA) is 109 Å². The largest absolute Gasteiger partial charge is 0.450 e. The van der Waals surface area contributed by atoms with Gasteiger partial charge in [-0.25, -0.2) is 4.79 Å². The number of nitrogens with one attached hydrogen (secondary N) is 3. The number of carbonyl (C=O) groups excluding carboxylic acids is 3. The standard InChI is InChI=1S/C23H30N4O4/c1-5-31-23(30)26-18(13-15(2)3)14-25-22(29)19-8-6-7-16(4)20(19)27-21(28)17-9-11-24-12-10-17/h6-12,15,18H,5,13-14H2,1-4H3,(H,25,29)(H,26,30)(H,27,28). The van der Waals surface area contributed by atoms with Gasteiger partial charge in [-0.1, -0.05) is 26.0 Å². The molecular weight excluding hydrogens is 396 g/mol. The molecule has 1 aromatic carbocycles. The van der Waals surface area contributed by atoms with Gasteiger partial charge in [-0.05, 0) is 49.9 Å². The molecule has 8 heteroatoms. The maximum atomic E-state index is 12.9. The van der Waals surface area contributed by atoms with Crippen LogP contribution in [0.4, 0.5) is 10.5 Å². The van der Waals surface area contributed by atoms with Crippen molar-refractivity contribution in [1.29, 1.82) is 0 Å². The van der Waals surface area contributed by atoms with Crippen molar-refractivity contribution >= 4 is 23.6 Å². The summed E-state index contributed by atoms with van der Waals surface area (Å²) in [6, 6.07) is 8.16. The van der Waals surface area contributed by atoms with Gasteiger partial charge in [-0.15, -0.1) is 0 Å². The minimum atomic E-state index is -0.511. The van der Waals surface area contributed by atoms with Gasteiger partial charge in [0.25, 0.3) is 11.8 Å². The highest BCUT2D eigenvalue weighted by atomic mass is 16.5. The minimum Gasteiger partial charge on any atom is -0.450 e. The summed E-state index contributed by atoms with van der Waals surface area (Å²) < 4.78 is 4.95. The van der Waals surface area contributed by atoms with Gasteiger partial charge in [0, 0.05) is 30.5 Å². The first-order chi connectivity index (χ1) is 14.8. The summed E-state index contributed by atoms with van der Waals surface area (Å²) >= 11 is 0. The Bertz CT molecular complexity index is 900. The summed E-state index contributed by atoms with van der Waals surface area (Å²) in [6.45, 7) is 8.14. The van der Waals surface area contributed by atoms with Crippen LogP contribution in [0.1, 0.15) is 53.5 Å². The molecule has 0 aliphatic heterocycles. The van der Waals surface area contributed by atoms with Crippen LogP contribution in [0.5, 0.6) is 0 Å². The third-order valence-electron chi connectivity index (χ3n) is 4.56. The summed E-state index contributed by atoms with van der Waals surface area (Å²) in [6.07, 6.45) is 3.24. The van der Waals surface area contributed by atoms with Crippen molar-refractivity contribution in [3.05, 3.63) is 59.4 Å². The molecule has 8 nitrogen and oxygen atoms in total. The Kier molecular flexibility index (Phi) is 8.99. The van der Waals surface area contributed by atoms with E-state index in [2.05, 4.69) is 20.9 Å². The van der Waals surface area contributed by atoms with Gasteiger partial charge < -0.3 is 20.7 Å². The molecule has 166 valence electrons. The van der Waals surface area contributed by atoms with E-state index in [0.29, 0.717) is 29.2 Å². The lowest BCUT2D eigenvalue weighted by Gasteiger charge is -2.21. The molecule has 1 atom stereocenters. The van der Waals surface area contributed by atoms with Crippen LogP contribution in [0.3, 0.4) is 0 Å². The fourth-order valence-electron chi connectivity index (χ4n) is 3.12. The zero-order valence-electron chi connectivity index (χ0n) is 18.4. The molecule has 0 radical (unpaired) electrons. The highest BCUT2D eigenvalue weighted by Crippen LogP contribution is 2.21. The van der Waals surface area contributed by atoms with Gasteiger partial charge in [-0.2, -0.15) is 0 Å². The van der Waals surface area contributed by atoms with Crippen molar-refractivity contribution < 1.29 is 19.1 Å². The lowest BCUT2D eigenvalue weighted by Crippen LogP contribution is -2.44. The van der Waals surface area contributed by atoms with Gasteiger partial charge in [0.1, 0.15) is 0 Å². The van der Waals surface area contributed by atoms with Crippen molar-refractivity contribution in [2.75, 3.05) is 18.5 Å². The van der Waals surface area contributed by atoms with E-state index in [9.17, 15) is 14.4 Å². The number of aromatic nitrogens is 1. The van der Waals surface area contributed by atoms with Crippen LogP contribution in [0.25, 0.3) is 0 Å². The zero-order valence-corrected chi connectivity index (χ0v) is 18.4. The summed E-state index contributed by atoms with van der Waals surface area (Å²) in [7, 11) is 0. The third-order valence-corrected chi connectivity index (χ3v) is 4.56. The van der Waals surface area contributed by atoms with Crippen LogP contribution < -0.4 is 16.0 Å². The maximum Gasteiger partial charge on any atom is 0.407 e. The smallest absolute Gasteiger partial charge is 0.407 e. The van der Waals surface area contributed by atoms with E-state index in [4.69, 9.17) is 4.74 Å². The molecule has 31 heavy (non-hydrogen) atoms. The van der Waals surface area contributed by atoms with E-state index >= 15 is 0 Å². The number of carbonyl (C=O) groups is 3. The first kappa shape index (κ1) is 23.9. The summed E-state index contributed by atoms with van der Waals surface area (Å²) in [5, 5.41) is 8.47. The van der Waals surface area contributed by atoms with E-state index in [0.717, 1.165) is 5.56 Å². The average Bonchev–Trinajstić information content (AvgIpc) is 2.73. The fourth-order valence-corrected chi connectivity index (χ4v) is 3.12. The highest BCUT2D eigenvalue weighted by molar-refractivity contribution is 6.09. The molecule has 2 aromatic rings. The van der Waals surface area contributed by atoms with Gasteiger partial charge in [0.05, 0.1) is 17.9 Å². The van der Waals surface area contributed by atoms with Crippen molar-refractivity contribution in [2.45, 2.75) is 40.2 Å². The van der Waals surface area contributed by atoms with E-state index in [1.165, 1.54) is 12.4 Å². The second-order valence-electron chi connectivity index (χ2n) is 7.59. The second-order valence-corrected chi connectivity index (χ2v) is 7.59. The normalized spacial score (nSPS) is 11.5. The van der Waals surface area contributed by atoms with Crippen molar-refractivity contribution in [3.63, 3.8) is 0 Å². The predicted octanol–water partition coefficient (Wildman–Crippen LogP) is 3.53. The van der Waals surface area contributed by atoms with Gasteiger partial charge >= 0.3 is 6.09 Å². The Balaban J connectivity index is 2.12. The Hall–Kier alpha value is -3.42. The van der Waals surface area contributed by atoms with Gasteiger partial charge in [0.15, 0.2) is 0 Å². The predicted molar refractivity (Wildman–Crippen MR) is 119 cm³/mol. The summed E-state index contributed by atoms with van der Waals surface area (Å²) in [4.78, 5) is 41.2. The molecular formula is C23H30N4O4. The lowest BCUT2D eigenvalue weighted by molar-refractivity contribution is 0.0945. The number of anilines is 1. The van der Waals surface area contributed by atoms with E-state index in [1.807, 2.05) is 26.8 Å². The number of amides is 3. The van der Waals surface area contributed by atoms with Crippen molar-refractivity contribution in [1.82, 2.24) is 15.6 Å². The molecule has 3 N–H and O–H groups in total. The Labute approximate surface area is 182 Å². The molecule has 0 saturated carbocycles. The number of nitrogens with zero attached hydrogens (tertiary/aromatic N) is 1. The molecule has 0 aliphatic carbocycles. The van der Waals surface area contributed by atoms with E-state index < -0.39 is 6.09 Å². The molecule has 0 bridgehead atoms. The van der Waals surface area contributed by atoms with Crippen LogP contribution in [-0.4, -0.2) is 42.1 Å². The van der Waals surface area contributed by atoms with Gasteiger partial charge in [0.2, 0.25) is 0 Å². The number of para-hydroxylation sites is 1. The quantitative estimate of drug-likeness (QED) is 0.568. The molecule has 0 saturated heterocycles. The Morgan fingerprint density at radius 3 is 2.42 bits per heavy atom.